The highest BCUT2D eigenvalue weighted by molar-refractivity contribution is 6.10. The van der Waals surface area contributed by atoms with Crippen LogP contribution in [0.3, 0.4) is 0 Å². The predicted octanol–water partition coefficient (Wildman–Crippen LogP) is 3.25. The van der Waals surface area contributed by atoms with Gasteiger partial charge in [0.25, 0.3) is 0 Å². The first-order chi connectivity index (χ1) is 11.7. The first-order valence-corrected chi connectivity index (χ1v) is 7.91. The Morgan fingerprint density at radius 1 is 1.20 bits per heavy atom. The number of hydrogen-bond donors (Lipinski definition) is 2. The van der Waals surface area contributed by atoms with E-state index in [1.807, 2.05) is 12.1 Å². The molecule has 132 valence electrons. The largest absolute Gasteiger partial charge is 0.480 e. The second-order valence-electron chi connectivity index (χ2n) is 6.65. The van der Waals surface area contributed by atoms with Crippen LogP contribution in [0.2, 0.25) is 0 Å². The van der Waals surface area contributed by atoms with E-state index in [2.05, 4.69) is 5.32 Å². The van der Waals surface area contributed by atoms with Gasteiger partial charge in [-0.05, 0) is 37.6 Å². The minimum absolute atomic E-state index is 0.212. The minimum atomic E-state index is -1.17. The van der Waals surface area contributed by atoms with Crippen molar-refractivity contribution in [1.82, 2.24) is 0 Å². The van der Waals surface area contributed by atoms with E-state index in [0.717, 1.165) is 5.39 Å². The molecule has 0 amide bonds. The van der Waals surface area contributed by atoms with Crippen LogP contribution in [0.4, 0.5) is 5.69 Å². The van der Waals surface area contributed by atoms with Crippen molar-refractivity contribution in [1.29, 1.82) is 0 Å². The summed E-state index contributed by atoms with van der Waals surface area (Å²) >= 11 is 0. The molecule has 0 fully saturated rings. The maximum absolute atomic E-state index is 12.7. The van der Waals surface area contributed by atoms with Crippen LogP contribution in [0.15, 0.2) is 36.4 Å². The van der Waals surface area contributed by atoms with Crippen molar-refractivity contribution in [3.05, 3.63) is 42.0 Å². The molecule has 1 atom stereocenters. The molecule has 0 aliphatic carbocycles. The molecule has 25 heavy (non-hydrogen) atoms. The van der Waals surface area contributed by atoms with Crippen molar-refractivity contribution < 1.29 is 24.2 Å². The SMILES string of the molecule is CC(C)(C)OC(=O)c1c(NC(CC=O)C(=O)O)ccc2ccccc12. The molecular weight excluding hydrogens is 322 g/mol. The Hall–Kier alpha value is -2.89. The third-order valence-corrected chi connectivity index (χ3v) is 3.49. The molecule has 6 heteroatoms. The normalized spacial score (nSPS) is 12.4. The quantitative estimate of drug-likeness (QED) is 0.618. The number of aldehydes is 1. The van der Waals surface area contributed by atoms with Gasteiger partial charge in [-0.15, -0.1) is 0 Å². The van der Waals surface area contributed by atoms with Crippen LogP contribution in [0.5, 0.6) is 0 Å². The Morgan fingerprint density at radius 2 is 1.88 bits per heavy atom. The van der Waals surface area contributed by atoms with Gasteiger partial charge in [-0.3, -0.25) is 0 Å². The molecule has 2 N–H and O–H groups in total. The average molecular weight is 343 g/mol. The van der Waals surface area contributed by atoms with Gasteiger partial charge in [0.05, 0.1) is 11.3 Å². The van der Waals surface area contributed by atoms with Crippen LogP contribution < -0.4 is 5.32 Å². The molecule has 0 aromatic heterocycles. The number of anilines is 1. The first kappa shape index (κ1) is 18.4. The Bertz CT molecular complexity index is 807. The molecule has 1 unspecified atom stereocenters. The van der Waals surface area contributed by atoms with Gasteiger partial charge in [-0.2, -0.15) is 0 Å². The summed E-state index contributed by atoms with van der Waals surface area (Å²) in [7, 11) is 0. The van der Waals surface area contributed by atoms with Crippen molar-refractivity contribution in [2.24, 2.45) is 0 Å². The molecule has 0 bridgehead atoms. The third kappa shape index (κ3) is 4.56. The number of aliphatic carboxylic acids is 1. The van der Waals surface area contributed by atoms with E-state index >= 15 is 0 Å². The molecule has 6 nitrogen and oxygen atoms in total. The summed E-state index contributed by atoms with van der Waals surface area (Å²) in [4.78, 5) is 34.8. The average Bonchev–Trinajstić information content (AvgIpc) is 2.52. The van der Waals surface area contributed by atoms with Gasteiger partial charge < -0.3 is 20.0 Å². The molecule has 2 aromatic carbocycles. The van der Waals surface area contributed by atoms with E-state index in [-0.39, 0.29) is 12.0 Å². The summed E-state index contributed by atoms with van der Waals surface area (Å²) in [5.74, 6) is -1.72. The zero-order valence-electron chi connectivity index (χ0n) is 14.4. The molecule has 0 heterocycles. The number of esters is 1. The summed E-state index contributed by atoms with van der Waals surface area (Å²) in [5, 5.41) is 13.5. The highest BCUT2D eigenvalue weighted by Crippen LogP contribution is 2.29. The number of rotatable bonds is 6. The van der Waals surface area contributed by atoms with Gasteiger partial charge in [-0.25, -0.2) is 9.59 Å². The van der Waals surface area contributed by atoms with E-state index in [1.165, 1.54) is 0 Å². The number of fused-ring (bicyclic) bond motifs is 1. The number of carboxylic acid groups (broad SMARTS) is 1. The lowest BCUT2D eigenvalue weighted by molar-refractivity contribution is -0.138. The number of carbonyl (C=O) groups is 3. The molecular formula is C19H21NO5. The molecule has 0 aliphatic rings. The van der Waals surface area contributed by atoms with Gasteiger partial charge in [0.2, 0.25) is 0 Å². The number of nitrogens with one attached hydrogen (secondary N) is 1. The van der Waals surface area contributed by atoms with E-state index in [4.69, 9.17) is 4.74 Å². The van der Waals surface area contributed by atoms with Crippen molar-refractivity contribution in [3.8, 4) is 0 Å². The summed E-state index contributed by atoms with van der Waals surface area (Å²) in [6.45, 7) is 5.28. The van der Waals surface area contributed by atoms with Crippen LogP contribution in [-0.4, -0.2) is 35.0 Å². The topological polar surface area (TPSA) is 92.7 Å². The van der Waals surface area contributed by atoms with Crippen molar-refractivity contribution in [3.63, 3.8) is 0 Å². The van der Waals surface area contributed by atoms with Crippen LogP contribution in [0.25, 0.3) is 10.8 Å². The smallest absolute Gasteiger partial charge is 0.341 e. The third-order valence-electron chi connectivity index (χ3n) is 3.49. The Balaban J connectivity index is 2.55. The second kappa shape index (κ2) is 7.34. The lowest BCUT2D eigenvalue weighted by Gasteiger charge is -2.23. The number of carboxylic acids is 1. The number of benzene rings is 2. The fraction of sp³-hybridized carbons (Fsp3) is 0.316. The van der Waals surface area contributed by atoms with Crippen LogP contribution >= 0.6 is 0 Å². The lowest BCUT2D eigenvalue weighted by Crippen LogP contribution is -2.31. The van der Waals surface area contributed by atoms with E-state index in [1.54, 1.807) is 45.0 Å². The molecule has 0 saturated heterocycles. The number of ether oxygens (including phenoxy) is 1. The summed E-state index contributed by atoms with van der Waals surface area (Å²) in [6.07, 6.45) is 0.315. The maximum Gasteiger partial charge on any atom is 0.341 e. The van der Waals surface area contributed by atoms with Gasteiger partial charge in [0, 0.05) is 6.42 Å². The van der Waals surface area contributed by atoms with Gasteiger partial charge in [-0.1, -0.05) is 30.3 Å². The van der Waals surface area contributed by atoms with Crippen LogP contribution in [-0.2, 0) is 14.3 Å². The molecule has 0 aliphatic heterocycles. The predicted molar refractivity (Wildman–Crippen MR) is 94.8 cm³/mol. The second-order valence-corrected chi connectivity index (χ2v) is 6.65. The molecule has 0 spiro atoms. The zero-order chi connectivity index (χ0) is 18.6. The zero-order valence-corrected chi connectivity index (χ0v) is 14.4. The fourth-order valence-electron chi connectivity index (χ4n) is 2.45. The standard InChI is InChI=1S/C19H21NO5/c1-19(2,3)25-18(24)16-13-7-5-4-6-12(13)8-9-14(16)20-15(10-11-21)17(22)23/h4-9,11,15,20H,10H2,1-3H3,(H,22,23). The highest BCUT2D eigenvalue weighted by Gasteiger charge is 2.25. The Labute approximate surface area is 145 Å². The summed E-state index contributed by atoms with van der Waals surface area (Å²) in [6, 6.07) is 9.55. The number of carbonyl (C=O) groups excluding carboxylic acids is 2. The molecule has 0 radical (unpaired) electrons. The Morgan fingerprint density at radius 3 is 2.48 bits per heavy atom. The van der Waals surface area contributed by atoms with E-state index < -0.39 is 23.6 Å². The van der Waals surface area contributed by atoms with Crippen LogP contribution in [0, 0.1) is 0 Å². The van der Waals surface area contributed by atoms with Crippen molar-refractivity contribution in [2.45, 2.75) is 38.8 Å². The highest BCUT2D eigenvalue weighted by atomic mass is 16.6. The van der Waals surface area contributed by atoms with Crippen molar-refractivity contribution >= 4 is 34.7 Å². The van der Waals surface area contributed by atoms with Gasteiger partial charge >= 0.3 is 11.9 Å². The first-order valence-electron chi connectivity index (χ1n) is 7.91. The molecule has 0 saturated carbocycles. The monoisotopic (exact) mass is 343 g/mol. The maximum atomic E-state index is 12.7. The summed E-state index contributed by atoms with van der Waals surface area (Å²) < 4.78 is 5.48. The van der Waals surface area contributed by atoms with Gasteiger partial charge in [0.1, 0.15) is 17.9 Å². The van der Waals surface area contributed by atoms with Crippen LogP contribution in [0.1, 0.15) is 37.6 Å². The summed E-state index contributed by atoms with van der Waals surface area (Å²) in [5.41, 5.74) is -0.118. The number of hydrogen-bond acceptors (Lipinski definition) is 5. The van der Waals surface area contributed by atoms with Gasteiger partial charge in [0.15, 0.2) is 0 Å². The molecule has 2 rings (SSSR count). The molecule has 2 aromatic rings. The Kier molecular flexibility index (Phi) is 5.41. The minimum Gasteiger partial charge on any atom is -0.480 e. The van der Waals surface area contributed by atoms with E-state index in [9.17, 15) is 19.5 Å². The fourth-order valence-corrected chi connectivity index (χ4v) is 2.45. The lowest BCUT2D eigenvalue weighted by atomic mass is 10.0. The van der Waals surface area contributed by atoms with E-state index in [0.29, 0.717) is 17.4 Å². The van der Waals surface area contributed by atoms with Crippen molar-refractivity contribution in [2.75, 3.05) is 5.32 Å².